The van der Waals surface area contributed by atoms with E-state index in [4.69, 9.17) is 4.98 Å². The smallest absolute Gasteiger partial charge is 0.253 e. The minimum Gasteiger partial charge on any atom is -0.367 e. The average Bonchev–Trinajstić information content (AvgIpc) is 3.33. The van der Waals surface area contributed by atoms with Gasteiger partial charge in [0.2, 0.25) is 0 Å². The molecule has 1 aliphatic rings. The second kappa shape index (κ2) is 10.8. The lowest BCUT2D eigenvalue weighted by atomic mass is 9.95. The summed E-state index contributed by atoms with van der Waals surface area (Å²) in [6, 6.07) is 16.5. The maximum absolute atomic E-state index is 12.5. The van der Waals surface area contributed by atoms with Crippen molar-refractivity contribution in [3.05, 3.63) is 83.3 Å². The Kier molecular flexibility index (Phi) is 7.14. The number of aromatic nitrogens is 3. The highest BCUT2D eigenvalue weighted by Gasteiger charge is 2.18. The number of thiazole rings is 1. The number of hydrogen-bond donors (Lipinski definition) is 2. The van der Waals surface area contributed by atoms with E-state index in [0.29, 0.717) is 18.2 Å². The number of hydrogen-bond acceptors (Lipinski definition) is 6. The number of anilines is 1. The van der Waals surface area contributed by atoms with Crippen LogP contribution in [0.25, 0.3) is 21.7 Å². The number of amides is 1. The summed E-state index contributed by atoms with van der Waals surface area (Å²) in [6.07, 6.45) is 11.4. The Balaban J connectivity index is 1.43. The summed E-state index contributed by atoms with van der Waals surface area (Å²) in [4.78, 5) is 27.2. The number of benzene rings is 1. The van der Waals surface area contributed by atoms with E-state index in [2.05, 4.69) is 57.9 Å². The lowest BCUT2D eigenvalue weighted by Crippen LogP contribution is -2.22. The predicted octanol–water partition coefficient (Wildman–Crippen LogP) is 6.25. The number of rotatable bonds is 7. The Labute approximate surface area is 209 Å². The standard InChI is InChI=1S/C28H29N5OS/c1-19-7-5-8-20(15-19)26-27(21-12-14-30-24(16-21)32-23-10-3-2-4-11-23)35-25(33-26)18-31-28(34)22-9-6-13-29-17-22/h5-9,12-17,23H,2-4,10-11,18H2,1H3,(H,30,32)(H,31,34). The van der Waals surface area contributed by atoms with Gasteiger partial charge in [0, 0.05) is 30.2 Å². The van der Waals surface area contributed by atoms with E-state index in [-0.39, 0.29) is 5.91 Å². The number of carbonyl (C=O) groups is 1. The molecule has 6 nitrogen and oxygen atoms in total. The first-order chi connectivity index (χ1) is 17.2. The van der Waals surface area contributed by atoms with Crippen LogP contribution in [0.3, 0.4) is 0 Å². The molecular weight excluding hydrogens is 454 g/mol. The molecule has 1 aliphatic carbocycles. The van der Waals surface area contributed by atoms with E-state index in [1.807, 2.05) is 12.3 Å². The molecule has 3 heterocycles. The van der Waals surface area contributed by atoms with Crippen molar-refractivity contribution in [1.29, 1.82) is 0 Å². The van der Waals surface area contributed by atoms with E-state index < -0.39 is 0 Å². The van der Waals surface area contributed by atoms with Gasteiger partial charge in [-0.05, 0) is 55.7 Å². The summed E-state index contributed by atoms with van der Waals surface area (Å²) in [5, 5.41) is 7.47. The fraction of sp³-hybridized carbons (Fsp3) is 0.286. The molecule has 0 spiro atoms. The molecule has 0 atom stereocenters. The number of nitrogens with one attached hydrogen (secondary N) is 2. The van der Waals surface area contributed by atoms with Crippen molar-refractivity contribution in [2.75, 3.05) is 5.32 Å². The molecular formula is C28H29N5OS. The van der Waals surface area contributed by atoms with Gasteiger partial charge in [0.15, 0.2) is 0 Å². The van der Waals surface area contributed by atoms with Gasteiger partial charge in [0.1, 0.15) is 10.8 Å². The quantitative estimate of drug-likeness (QED) is 0.325. The molecule has 2 N–H and O–H groups in total. The number of pyridine rings is 2. The van der Waals surface area contributed by atoms with Gasteiger partial charge in [0.25, 0.3) is 5.91 Å². The SMILES string of the molecule is Cc1cccc(-c2nc(CNC(=O)c3cccnc3)sc2-c2ccnc(NC3CCCCC3)c2)c1. The van der Waals surface area contributed by atoms with Gasteiger partial charge in [-0.25, -0.2) is 9.97 Å². The average molecular weight is 484 g/mol. The highest BCUT2D eigenvalue weighted by molar-refractivity contribution is 7.15. The van der Waals surface area contributed by atoms with Crippen LogP contribution in [0, 0.1) is 6.92 Å². The molecule has 1 saturated carbocycles. The molecule has 7 heteroatoms. The van der Waals surface area contributed by atoms with Crippen molar-refractivity contribution in [3.8, 4) is 21.7 Å². The van der Waals surface area contributed by atoms with Crippen molar-refractivity contribution in [1.82, 2.24) is 20.3 Å². The van der Waals surface area contributed by atoms with Crippen LogP contribution in [0.1, 0.15) is 53.0 Å². The van der Waals surface area contributed by atoms with Crippen LogP contribution in [0.15, 0.2) is 67.1 Å². The molecule has 3 aromatic heterocycles. The van der Waals surface area contributed by atoms with E-state index in [1.165, 1.54) is 37.7 Å². The summed E-state index contributed by atoms with van der Waals surface area (Å²) in [5.74, 6) is 0.749. The van der Waals surface area contributed by atoms with Crippen molar-refractivity contribution in [3.63, 3.8) is 0 Å². The van der Waals surface area contributed by atoms with Crippen LogP contribution in [0.2, 0.25) is 0 Å². The zero-order chi connectivity index (χ0) is 24.0. The monoisotopic (exact) mass is 483 g/mol. The zero-order valence-corrected chi connectivity index (χ0v) is 20.6. The fourth-order valence-corrected chi connectivity index (χ4v) is 5.51. The summed E-state index contributed by atoms with van der Waals surface area (Å²) in [7, 11) is 0. The molecule has 0 radical (unpaired) electrons. The Morgan fingerprint density at radius 3 is 2.71 bits per heavy atom. The van der Waals surface area contributed by atoms with Gasteiger partial charge in [-0.1, -0.05) is 43.0 Å². The van der Waals surface area contributed by atoms with Gasteiger partial charge < -0.3 is 10.6 Å². The molecule has 1 fully saturated rings. The molecule has 1 amide bonds. The third kappa shape index (κ3) is 5.74. The molecule has 4 aromatic rings. The predicted molar refractivity (Wildman–Crippen MR) is 141 cm³/mol. The number of nitrogens with zero attached hydrogens (tertiary/aromatic N) is 3. The Morgan fingerprint density at radius 2 is 1.91 bits per heavy atom. The Hall–Kier alpha value is -3.58. The molecule has 5 rings (SSSR count). The van der Waals surface area contributed by atoms with Crippen LogP contribution in [-0.2, 0) is 6.54 Å². The van der Waals surface area contributed by atoms with E-state index in [9.17, 15) is 4.79 Å². The lowest BCUT2D eigenvalue weighted by molar-refractivity contribution is 0.0950. The van der Waals surface area contributed by atoms with Crippen LogP contribution >= 0.6 is 11.3 Å². The zero-order valence-electron chi connectivity index (χ0n) is 19.8. The maximum atomic E-state index is 12.5. The fourth-order valence-electron chi connectivity index (χ4n) is 4.49. The summed E-state index contributed by atoms with van der Waals surface area (Å²) >= 11 is 1.61. The first kappa shape index (κ1) is 23.2. The van der Waals surface area contributed by atoms with Gasteiger partial charge in [-0.2, -0.15) is 0 Å². The Bertz CT molecular complexity index is 1300. The van der Waals surface area contributed by atoms with E-state index >= 15 is 0 Å². The van der Waals surface area contributed by atoms with Crippen LogP contribution in [0.5, 0.6) is 0 Å². The molecule has 178 valence electrons. The van der Waals surface area contributed by atoms with Crippen molar-refractivity contribution >= 4 is 23.1 Å². The highest BCUT2D eigenvalue weighted by atomic mass is 32.1. The second-order valence-corrected chi connectivity index (χ2v) is 10.1. The van der Waals surface area contributed by atoms with Gasteiger partial charge in [-0.3, -0.25) is 9.78 Å². The normalized spacial score (nSPS) is 14.0. The summed E-state index contributed by atoms with van der Waals surface area (Å²) in [5.41, 5.74) is 4.80. The van der Waals surface area contributed by atoms with Crippen molar-refractivity contribution < 1.29 is 4.79 Å². The van der Waals surface area contributed by atoms with Gasteiger partial charge >= 0.3 is 0 Å². The number of carbonyl (C=O) groups excluding carboxylic acids is 1. The molecule has 0 aliphatic heterocycles. The first-order valence-electron chi connectivity index (χ1n) is 12.1. The minimum atomic E-state index is -0.158. The molecule has 35 heavy (non-hydrogen) atoms. The third-order valence-electron chi connectivity index (χ3n) is 6.27. The third-order valence-corrected chi connectivity index (χ3v) is 7.37. The highest BCUT2D eigenvalue weighted by Crippen LogP contribution is 2.38. The topological polar surface area (TPSA) is 79.8 Å². The van der Waals surface area contributed by atoms with E-state index in [1.54, 1.807) is 35.9 Å². The van der Waals surface area contributed by atoms with Crippen LogP contribution in [-0.4, -0.2) is 26.9 Å². The van der Waals surface area contributed by atoms with Gasteiger partial charge in [0.05, 0.1) is 22.7 Å². The second-order valence-electron chi connectivity index (χ2n) is 8.99. The molecule has 0 bridgehead atoms. The minimum absolute atomic E-state index is 0.158. The lowest BCUT2D eigenvalue weighted by Gasteiger charge is -2.23. The van der Waals surface area contributed by atoms with Crippen LogP contribution < -0.4 is 10.6 Å². The van der Waals surface area contributed by atoms with Gasteiger partial charge in [-0.15, -0.1) is 11.3 Å². The number of aryl methyl sites for hydroxylation is 1. The first-order valence-corrected chi connectivity index (χ1v) is 13.0. The van der Waals surface area contributed by atoms with Crippen molar-refractivity contribution in [2.45, 2.75) is 51.6 Å². The summed E-state index contributed by atoms with van der Waals surface area (Å²) < 4.78 is 0. The van der Waals surface area contributed by atoms with E-state index in [0.717, 1.165) is 32.5 Å². The largest absolute Gasteiger partial charge is 0.367 e. The molecule has 0 saturated heterocycles. The molecule has 1 aromatic carbocycles. The van der Waals surface area contributed by atoms with Crippen LogP contribution in [0.4, 0.5) is 5.82 Å². The summed E-state index contributed by atoms with van der Waals surface area (Å²) in [6.45, 7) is 2.44. The van der Waals surface area contributed by atoms with Crippen molar-refractivity contribution in [2.24, 2.45) is 0 Å². The maximum Gasteiger partial charge on any atom is 0.253 e. The Morgan fingerprint density at radius 1 is 1.03 bits per heavy atom. The molecule has 0 unspecified atom stereocenters.